The summed E-state index contributed by atoms with van der Waals surface area (Å²) < 4.78 is 0. The first kappa shape index (κ1) is 22.5. The fourth-order valence-electron chi connectivity index (χ4n) is 8.77. The zero-order valence-electron chi connectivity index (χ0n) is 20.2. The number of carbonyl (C=O) groups is 1. The minimum atomic E-state index is -0.683. The maximum absolute atomic E-state index is 11.9. The van der Waals surface area contributed by atoms with Crippen LogP contribution >= 0.6 is 0 Å². The summed E-state index contributed by atoms with van der Waals surface area (Å²) in [6.07, 6.45) is 9.96. The lowest BCUT2D eigenvalue weighted by Crippen LogP contribution is -2.54. The molecule has 3 fully saturated rings. The first-order chi connectivity index (χ1) is 15.3. The number of nitrogens with zero attached hydrogens (tertiary/aromatic N) is 1. The first-order valence-corrected chi connectivity index (χ1v) is 13.1. The second kappa shape index (κ2) is 8.16. The van der Waals surface area contributed by atoms with Crippen molar-refractivity contribution >= 4 is 5.97 Å². The molecule has 3 N–H and O–H groups in total. The number of hydrogen-bond acceptors (Lipinski definition) is 4. The number of piperazine rings is 1. The Morgan fingerprint density at radius 1 is 1.12 bits per heavy atom. The number of carboxylic acids is 1. The van der Waals surface area contributed by atoms with Crippen LogP contribution in [0.15, 0.2) is 22.9 Å². The molecule has 0 bridgehead atoms. The van der Waals surface area contributed by atoms with Gasteiger partial charge in [0.15, 0.2) is 0 Å². The summed E-state index contributed by atoms with van der Waals surface area (Å²) in [5.74, 6) is 1.68. The van der Waals surface area contributed by atoms with Crippen molar-refractivity contribution in [2.24, 2.45) is 34.5 Å². The molecule has 178 valence electrons. The molecule has 5 nitrogen and oxygen atoms in total. The Labute approximate surface area is 193 Å². The SMILES string of the molecule is CCC1C=C2CC(O)CC[C@]2(C)[C@@H]2CC[C@]3(C)C(N4CCNCC4)=C(CC(=O)O)C[C@H]3[C@H]12. The zero-order valence-corrected chi connectivity index (χ0v) is 20.2. The van der Waals surface area contributed by atoms with Gasteiger partial charge in [0.25, 0.3) is 0 Å². The molecule has 0 aromatic carbocycles. The molecule has 1 saturated heterocycles. The summed E-state index contributed by atoms with van der Waals surface area (Å²) in [5.41, 5.74) is 4.43. The average molecular weight is 443 g/mol. The molecule has 1 aliphatic heterocycles. The third-order valence-electron chi connectivity index (χ3n) is 10.2. The zero-order chi connectivity index (χ0) is 22.7. The quantitative estimate of drug-likeness (QED) is 0.570. The van der Waals surface area contributed by atoms with E-state index in [1.165, 1.54) is 29.7 Å². The van der Waals surface area contributed by atoms with Crippen molar-refractivity contribution < 1.29 is 15.0 Å². The van der Waals surface area contributed by atoms with Crippen molar-refractivity contribution in [2.45, 2.75) is 78.2 Å². The fourth-order valence-corrected chi connectivity index (χ4v) is 8.77. The van der Waals surface area contributed by atoms with Gasteiger partial charge in [-0.2, -0.15) is 0 Å². The molecular weight excluding hydrogens is 400 g/mol. The number of fused-ring (bicyclic) bond motifs is 5. The van der Waals surface area contributed by atoms with Gasteiger partial charge in [0.2, 0.25) is 0 Å². The molecular formula is C27H42N2O3. The number of rotatable bonds is 4. The van der Waals surface area contributed by atoms with Crippen LogP contribution in [-0.4, -0.2) is 53.4 Å². The van der Waals surface area contributed by atoms with Crippen LogP contribution in [-0.2, 0) is 4.79 Å². The molecule has 7 atom stereocenters. The third kappa shape index (κ3) is 3.37. The molecule has 5 aliphatic rings. The molecule has 1 heterocycles. The van der Waals surface area contributed by atoms with Crippen molar-refractivity contribution in [1.82, 2.24) is 10.2 Å². The van der Waals surface area contributed by atoms with Gasteiger partial charge in [-0.25, -0.2) is 0 Å². The van der Waals surface area contributed by atoms with E-state index >= 15 is 0 Å². The molecule has 0 aromatic heterocycles. The molecule has 2 saturated carbocycles. The van der Waals surface area contributed by atoms with E-state index in [4.69, 9.17) is 0 Å². The van der Waals surface area contributed by atoms with E-state index in [9.17, 15) is 15.0 Å². The van der Waals surface area contributed by atoms with Gasteiger partial charge >= 0.3 is 5.97 Å². The number of carboxylic acid groups (broad SMARTS) is 1. The number of aliphatic carboxylic acids is 1. The number of nitrogens with one attached hydrogen (secondary N) is 1. The summed E-state index contributed by atoms with van der Waals surface area (Å²) in [4.78, 5) is 14.4. The number of allylic oxidation sites excluding steroid dienone is 2. The van der Waals surface area contributed by atoms with Crippen LogP contribution < -0.4 is 5.32 Å². The van der Waals surface area contributed by atoms with E-state index in [2.05, 4.69) is 37.1 Å². The normalized spacial score (nSPS) is 43.9. The lowest BCUT2D eigenvalue weighted by atomic mass is 9.45. The Hall–Kier alpha value is -1.33. The highest BCUT2D eigenvalue weighted by Crippen LogP contribution is 2.68. The van der Waals surface area contributed by atoms with Gasteiger partial charge in [-0.3, -0.25) is 4.79 Å². The third-order valence-corrected chi connectivity index (χ3v) is 10.2. The van der Waals surface area contributed by atoms with Crippen LogP contribution in [0.3, 0.4) is 0 Å². The highest BCUT2D eigenvalue weighted by molar-refractivity contribution is 5.70. The van der Waals surface area contributed by atoms with E-state index in [1.807, 2.05) is 0 Å². The number of aliphatic hydroxyl groups excluding tert-OH is 1. The Morgan fingerprint density at radius 3 is 2.53 bits per heavy atom. The monoisotopic (exact) mass is 442 g/mol. The van der Waals surface area contributed by atoms with Gasteiger partial charge < -0.3 is 20.4 Å². The highest BCUT2D eigenvalue weighted by atomic mass is 16.4. The van der Waals surface area contributed by atoms with Gasteiger partial charge in [-0.15, -0.1) is 0 Å². The van der Waals surface area contributed by atoms with Crippen LogP contribution in [0.25, 0.3) is 0 Å². The van der Waals surface area contributed by atoms with Crippen LogP contribution in [0.1, 0.15) is 72.1 Å². The molecule has 5 heteroatoms. The Balaban J connectivity index is 1.54. The average Bonchev–Trinajstić information content (AvgIpc) is 3.05. The minimum absolute atomic E-state index is 0.0899. The molecule has 0 spiro atoms. The molecule has 0 aromatic rings. The Morgan fingerprint density at radius 2 is 1.84 bits per heavy atom. The van der Waals surface area contributed by atoms with Gasteiger partial charge in [0.05, 0.1) is 12.5 Å². The van der Waals surface area contributed by atoms with Crippen molar-refractivity contribution in [3.05, 3.63) is 22.9 Å². The minimum Gasteiger partial charge on any atom is -0.481 e. The largest absolute Gasteiger partial charge is 0.481 e. The predicted octanol–water partition coefficient (Wildman–Crippen LogP) is 4.19. The second-order valence-corrected chi connectivity index (χ2v) is 11.8. The van der Waals surface area contributed by atoms with Gasteiger partial charge in [-0.1, -0.05) is 32.4 Å². The van der Waals surface area contributed by atoms with Crippen molar-refractivity contribution in [3.8, 4) is 0 Å². The maximum atomic E-state index is 11.9. The summed E-state index contributed by atoms with van der Waals surface area (Å²) in [7, 11) is 0. The second-order valence-electron chi connectivity index (χ2n) is 11.8. The Kier molecular flexibility index (Phi) is 5.73. The molecule has 32 heavy (non-hydrogen) atoms. The van der Waals surface area contributed by atoms with Crippen LogP contribution in [0.5, 0.6) is 0 Å². The number of hydrogen-bond donors (Lipinski definition) is 3. The first-order valence-electron chi connectivity index (χ1n) is 13.1. The van der Waals surface area contributed by atoms with Crippen LogP contribution in [0.2, 0.25) is 0 Å². The van der Waals surface area contributed by atoms with Gasteiger partial charge in [0, 0.05) is 37.3 Å². The fraction of sp³-hybridized carbons (Fsp3) is 0.815. The highest BCUT2D eigenvalue weighted by Gasteiger charge is 2.60. The standard InChI is InChI=1S/C27H42N2O3/c1-4-17-13-19-16-20(30)5-7-26(19,2)21-6-8-27(3)22(24(17)21)14-18(15-23(31)32)25(27)29-11-9-28-10-12-29/h13,17,20-22,24,28,30H,4-12,14-16H2,1-3H3,(H,31,32)/t17?,20?,21-,22+,24-,26+,27+/m1/s1. The smallest absolute Gasteiger partial charge is 0.307 e. The lowest BCUT2D eigenvalue weighted by Gasteiger charge is -2.60. The summed E-state index contributed by atoms with van der Waals surface area (Å²) in [6, 6.07) is 0. The predicted molar refractivity (Wildman–Crippen MR) is 126 cm³/mol. The molecule has 5 rings (SSSR count). The van der Waals surface area contributed by atoms with Gasteiger partial charge in [0.1, 0.15) is 0 Å². The Bertz CT molecular complexity index is 829. The molecule has 4 aliphatic carbocycles. The van der Waals surface area contributed by atoms with E-state index in [-0.39, 0.29) is 23.4 Å². The summed E-state index contributed by atoms with van der Waals surface area (Å²) in [5, 5.41) is 23.6. The van der Waals surface area contributed by atoms with Crippen LogP contribution in [0, 0.1) is 34.5 Å². The van der Waals surface area contributed by atoms with Crippen molar-refractivity contribution in [2.75, 3.05) is 26.2 Å². The molecule has 0 radical (unpaired) electrons. The maximum Gasteiger partial charge on any atom is 0.307 e. The molecule has 2 unspecified atom stereocenters. The summed E-state index contributed by atoms with van der Waals surface area (Å²) >= 11 is 0. The molecule has 0 amide bonds. The van der Waals surface area contributed by atoms with Crippen molar-refractivity contribution in [1.29, 1.82) is 0 Å². The van der Waals surface area contributed by atoms with E-state index < -0.39 is 5.97 Å². The van der Waals surface area contributed by atoms with Crippen molar-refractivity contribution in [3.63, 3.8) is 0 Å². The van der Waals surface area contributed by atoms with E-state index in [0.717, 1.165) is 58.3 Å². The van der Waals surface area contributed by atoms with Gasteiger partial charge in [-0.05, 0) is 79.6 Å². The topological polar surface area (TPSA) is 72.8 Å². The van der Waals surface area contributed by atoms with E-state index in [0.29, 0.717) is 23.7 Å². The summed E-state index contributed by atoms with van der Waals surface area (Å²) in [6.45, 7) is 11.2. The van der Waals surface area contributed by atoms with E-state index in [1.54, 1.807) is 0 Å². The lowest BCUT2D eigenvalue weighted by molar-refractivity contribution is -0.136. The van der Waals surface area contributed by atoms with Crippen LogP contribution in [0.4, 0.5) is 0 Å². The number of aliphatic hydroxyl groups is 1.